The van der Waals surface area contributed by atoms with Crippen LogP contribution in [0.1, 0.15) is 5.56 Å². The molecule has 0 saturated carbocycles. The number of rotatable bonds is 4. The lowest BCUT2D eigenvalue weighted by Crippen LogP contribution is -2.28. The van der Waals surface area contributed by atoms with Gasteiger partial charge >= 0.3 is 5.69 Å². The van der Waals surface area contributed by atoms with Crippen molar-refractivity contribution in [3.05, 3.63) is 38.8 Å². The Bertz CT molecular complexity index is 735. The Morgan fingerprint density at radius 1 is 1.50 bits per heavy atom. The van der Waals surface area contributed by atoms with E-state index in [4.69, 9.17) is 11.2 Å². The predicted octanol–water partition coefficient (Wildman–Crippen LogP) is 2.27. The minimum absolute atomic E-state index is 0.106. The smallest absolute Gasteiger partial charge is 0.311 e. The van der Waals surface area contributed by atoms with Gasteiger partial charge in [0.05, 0.1) is 23.5 Å². The average Bonchev–Trinajstić information content (AvgIpc) is 2.75. The summed E-state index contributed by atoms with van der Waals surface area (Å²) in [6, 6.07) is 4.25. The second kappa shape index (κ2) is 6.32. The third-order valence-electron chi connectivity index (χ3n) is 2.82. The van der Waals surface area contributed by atoms with E-state index >= 15 is 0 Å². The number of terminal acetylenes is 1. The summed E-state index contributed by atoms with van der Waals surface area (Å²) in [5.74, 6) is 1.84. The fourth-order valence-corrected chi connectivity index (χ4v) is 2.66. The number of hydrogen-bond donors (Lipinski definition) is 0. The van der Waals surface area contributed by atoms with Gasteiger partial charge in [0.15, 0.2) is 5.75 Å². The van der Waals surface area contributed by atoms with Gasteiger partial charge in [-0.25, -0.2) is 0 Å². The van der Waals surface area contributed by atoms with E-state index in [1.54, 1.807) is 6.07 Å². The van der Waals surface area contributed by atoms with Gasteiger partial charge in [-0.15, -0.1) is 6.42 Å². The molecular formula is C14H10N2O5S. The Kier molecular flexibility index (Phi) is 4.48. The van der Waals surface area contributed by atoms with Crippen molar-refractivity contribution in [1.29, 1.82) is 0 Å². The zero-order valence-corrected chi connectivity index (χ0v) is 12.3. The van der Waals surface area contributed by atoms with E-state index in [9.17, 15) is 19.7 Å². The van der Waals surface area contributed by atoms with Crippen molar-refractivity contribution in [2.45, 2.75) is 0 Å². The van der Waals surface area contributed by atoms with Crippen LogP contribution in [0, 0.1) is 22.5 Å². The predicted molar refractivity (Wildman–Crippen MR) is 81.2 cm³/mol. The van der Waals surface area contributed by atoms with Gasteiger partial charge < -0.3 is 4.74 Å². The zero-order chi connectivity index (χ0) is 16.3. The first kappa shape index (κ1) is 15.6. The van der Waals surface area contributed by atoms with Crippen LogP contribution in [0.15, 0.2) is 23.1 Å². The SMILES string of the molecule is C#CCN1C(=O)S/C(=C/c2ccc(OC)c([N+](=O)[O-])c2)C1=O. The van der Waals surface area contributed by atoms with Crippen LogP contribution < -0.4 is 4.74 Å². The number of thioether (sulfide) groups is 1. The molecule has 0 aromatic heterocycles. The Hall–Kier alpha value is -2.79. The lowest BCUT2D eigenvalue weighted by molar-refractivity contribution is -0.385. The number of imide groups is 1. The number of nitrogens with zero attached hydrogens (tertiary/aromatic N) is 2. The van der Waals surface area contributed by atoms with Crippen molar-refractivity contribution in [3.8, 4) is 18.1 Å². The fourth-order valence-electron chi connectivity index (χ4n) is 1.82. The molecule has 0 spiro atoms. The molecular weight excluding hydrogens is 308 g/mol. The van der Waals surface area contributed by atoms with Crippen molar-refractivity contribution in [3.63, 3.8) is 0 Å². The van der Waals surface area contributed by atoms with E-state index in [2.05, 4.69) is 5.92 Å². The number of ether oxygens (including phenoxy) is 1. The summed E-state index contributed by atoms with van der Waals surface area (Å²) in [6.07, 6.45) is 6.51. The summed E-state index contributed by atoms with van der Waals surface area (Å²) in [6.45, 7) is -0.106. The number of carbonyl (C=O) groups excluding carboxylic acids is 2. The largest absolute Gasteiger partial charge is 0.490 e. The van der Waals surface area contributed by atoms with Gasteiger partial charge in [-0.1, -0.05) is 12.0 Å². The van der Waals surface area contributed by atoms with E-state index in [1.165, 1.54) is 25.3 Å². The lowest BCUT2D eigenvalue weighted by atomic mass is 10.1. The van der Waals surface area contributed by atoms with Crippen molar-refractivity contribution >= 4 is 34.7 Å². The number of nitro benzene ring substituents is 1. The third-order valence-corrected chi connectivity index (χ3v) is 3.73. The maximum absolute atomic E-state index is 12.0. The monoisotopic (exact) mass is 318 g/mol. The third kappa shape index (κ3) is 2.94. The van der Waals surface area contributed by atoms with E-state index in [0.29, 0.717) is 5.56 Å². The normalized spacial score (nSPS) is 16.0. The van der Waals surface area contributed by atoms with Crippen LogP contribution in [-0.2, 0) is 4.79 Å². The maximum Gasteiger partial charge on any atom is 0.311 e. The minimum Gasteiger partial charge on any atom is -0.490 e. The molecule has 1 heterocycles. The first-order chi connectivity index (χ1) is 10.5. The lowest BCUT2D eigenvalue weighted by Gasteiger charge is -2.06. The number of amides is 2. The molecule has 22 heavy (non-hydrogen) atoms. The van der Waals surface area contributed by atoms with Gasteiger partial charge in [0, 0.05) is 6.07 Å². The van der Waals surface area contributed by atoms with Gasteiger partial charge in [-0.05, 0) is 29.5 Å². The van der Waals surface area contributed by atoms with Crippen LogP contribution >= 0.6 is 11.8 Å². The number of hydrogen-bond acceptors (Lipinski definition) is 6. The molecule has 1 aromatic rings. The second-order valence-corrected chi connectivity index (χ2v) is 5.15. The van der Waals surface area contributed by atoms with Gasteiger partial charge in [-0.3, -0.25) is 24.6 Å². The average molecular weight is 318 g/mol. The molecule has 0 atom stereocenters. The molecule has 1 saturated heterocycles. The molecule has 2 rings (SSSR count). The molecule has 0 bridgehead atoms. The molecule has 112 valence electrons. The van der Waals surface area contributed by atoms with E-state index < -0.39 is 16.1 Å². The highest BCUT2D eigenvalue weighted by Gasteiger charge is 2.34. The van der Waals surface area contributed by atoms with Crippen LogP contribution in [0.5, 0.6) is 5.75 Å². The van der Waals surface area contributed by atoms with E-state index in [0.717, 1.165) is 16.7 Å². The van der Waals surface area contributed by atoms with Crippen LogP contribution in [-0.4, -0.2) is 34.6 Å². The number of benzene rings is 1. The quantitative estimate of drug-likeness (QED) is 0.366. The molecule has 1 aliphatic heterocycles. The first-order valence-corrected chi connectivity index (χ1v) is 6.81. The fraction of sp³-hybridized carbons (Fsp3) is 0.143. The zero-order valence-electron chi connectivity index (χ0n) is 11.4. The molecule has 1 fully saturated rings. The highest BCUT2D eigenvalue weighted by atomic mass is 32.2. The summed E-state index contributed by atoms with van der Waals surface area (Å²) in [4.78, 5) is 35.2. The molecule has 1 aliphatic rings. The van der Waals surface area contributed by atoms with Gasteiger partial charge in [0.25, 0.3) is 11.1 Å². The molecule has 0 radical (unpaired) electrons. The molecule has 7 nitrogen and oxygen atoms in total. The van der Waals surface area contributed by atoms with Gasteiger partial charge in [-0.2, -0.15) is 0 Å². The molecule has 1 aromatic carbocycles. The Morgan fingerprint density at radius 3 is 2.82 bits per heavy atom. The Morgan fingerprint density at radius 2 is 2.23 bits per heavy atom. The number of methoxy groups -OCH3 is 1. The van der Waals surface area contributed by atoms with Crippen LogP contribution in [0.25, 0.3) is 6.08 Å². The van der Waals surface area contributed by atoms with Crippen molar-refractivity contribution < 1.29 is 19.2 Å². The van der Waals surface area contributed by atoms with Crippen molar-refractivity contribution in [2.75, 3.05) is 13.7 Å². The molecule has 0 unspecified atom stereocenters. The summed E-state index contributed by atoms with van der Waals surface area (Å²) in [7, 11) is 1.33. The minimum atomic E-state index is -0.583. The van der Waals surface area contributed by atoms with Crippen LogP contribution in [0.3, 0.4) is 0 Å². The first-order valence-electron chi connectivity index (χ1n) is 5.99. The molecule has 8 heteroatoms. The van der Waals surface area contributed by atoms with Gasteiger partial charge in [0.1, 0.15) is 0 Å². The van der Waals surface area contributed by atoms with Gasteiger partial charge in [0.2, 0.25) is 0 Å². The number of carbonyl (C=O) groups is 2. The number of nitro groups is 1. The molecule has 0 N–H and O–H groups in total. The topological polar surface area (TPSA) is 89.8 Å². The highest BCUT2D eigenvalue weighted by molar-refractivity contribution is 8.18. The summed E-state index contributed by atoms with van der Waals surface area (Å²) >= 11 is 0.743. The summed E-state index contributed by atoms with van der Waals surface area (Å²) in [5, 5.41) is 10.5. The van der Waals surface area contributed by atoms with Crippen LogP contribution in [0.2, 0.25) is 0 Å². The summed E-state index contributed by atoms with van der Waals surface area (Å²) < 4.78 is 4.90. The second-order valence-electron chi connectivity index (χ2n) is 4.16. The van der Waals surface area contributed by atoms with Crippen LogP contribution in [0.4, 0.5) is 10.5 Å². The van der Waals surface area contributed by atoms with Crippen molar-refractivity contribution in [1.82, 2.24) is 4.90 Å². The van der Waals surface area contributed by atoms with E-state index in [-0.39, 0.29) is 22.9 Å². The van der Waals surface area contributed by atoms with E-state index in [1.807, 2.05) is 0 Å². The maximum atomic E-state index is 12.0. The molecule has 0 aliphatic carbocycles. The Labute approximate surface area is 130 Å². The summed E-state index contributed by atoms with van der Waals surface area (Å²) in [5.41, 5.74) is 0.192. The Balaban J connectivity index is 2.36. The van der Waals surface area contributed by atoms with Crippen molar-refractivity contribution in [2.24, 2.45) is 0 Å². The highest BCUT2D eigenvalue weighted by Crippen LogP contribution is 2.34. The standard InChI is InChI=1S/C14H10N2O5S/c1-3-6-15-13(17)12(22-14(15)18)8-9-4-5-11(21-2)10(7-9)16(19)20/h1,4-5,7-8H,6H2,2H3/b12-8+. The molecule has 2 amide bonds.